The number of aliphatic imine (C=N–C) groups is 1. The van der Waals surface area contributed by atoms with Gasteiger partial charge in [-0.3, -0.25) is 4.98 Å². The van der Waals surface area contributed by atoms with E-state index >= 15 is 0 Å². The molecule has 0 atom stereocenters. The smallest absolute Gasteiger partial charge is 0.191 e. The van der Waals surface area contributed by atoms with Crippen LogP contribution in [0.4, 0.5) is 8.78 Å². The quantitative estimate of drug-likeness (QED) is 0.347. The second-order valence-electron chi connectivity index (χ2n) is 5.33. The number of halogens is 3. The van der Waals surface area contributed by atoms with Gasteiger partial charge < -0.3 is 10.6 Å². The van der Waals surface area contributed by atoms with E-state index in [0.717, 1.165) is 16.9 Å². The van der Waals surface area contributed by atoms with Crippen LogP contribution in [0.2, 0.25) is 0 Å². The van der Waals surface area contributed by atoms with Gasteiger partial charge in [-0.25, -0.2) is 13.8 Å². The molecule has 26 heavy (non-hydrogen) atoms. The van der Waals surface area contributed by atoms with Crippen LogP contribution in [0.1, 0.15) is 23.7 Å². The number of hydrogen-bond donors (Lipinski definition) is 2. The van der Waals surface area contributed by atoms with Crippen LogP contribution in [-0.4, -0.2) is 23.7 Å². The summed E-state index contributed by atoms with van der Waals surface area (Å²) in [6.45, 7) is 3.28. The van der Waals surface area contributed by atoms with Crippen molar-refractivity contribution in [2.75, 3.05) is 12.8 Å². The zero-order chi connectivity index (χ0) is 18.1. The number of rotatable bonds is 7. The predicted octanol–water partition coefficient (Wildman–Crippen LogP) is 4.10. The van der Waals surface area contributed by atoms with Crippen molar-refractivity contribution in [3.63, 3.8) is 0 Å². The van der Waals surface area contributed by atoms with Gasteiger partial charge in [-0.1, -0.05) is 6.07 Å². The first-order chi connectivity index (χ1) is 12.1. The summed E-state index contributed by atoms with van der Waals surface area (Å²) in [5.41, 5.74) is 2.23. The Morgan fingerprint density at radius 3 is 2.69 bits per heavy atom. The fourth-order valence-electron chi connectivity index (χ4n) is 2.26. The maximum absolute atomic E-state index is 13.7. The lowest BCUT2D eigenvalue weighted by molar-refractivity contribution is 0.592. The second-order valence-corrected chi connectivity index (χ2v) is 6.19. The van der Waals surface area contributed by atoms with Crippen molar-refractivity contribution < 1.29 is 8.78 Å². The van der Waals surface area contributed by atoms with E-state index in [2.05, 4.69) is 20.6 Å². The molecule has 2 aromatic rings. The summed E-state index contributed by atoms with van der Waals surface area (Å²) >= 11 is 1.63. The molecule has 0 saturated heterocycles. The van der Waals surface area contributed by atoms with E-state index in [0.29, 0.717) is 24.7 Å². The maximum Gasteiger partial charge on any atom is 0.191 e. The highest BCUT2D eigenvalue weighted by molar-refractivity contribution is 14.0. The van der Waals surface area contributed by atoms with Crippen LogP contribution < -0.4 is 10.6 Å². The van der Waals surface area contributed by atoms with Gasteiger partial charge in [-0.15, -0.1) is 24.0 Å². The van der Waals surface area contributed by atoms with E-state index in [1.165, 1.54) is 12.1 Å². The largest absolute Gasteiger partial charge is 0.357 e. The van der Waals surface area contributed by atoms with E-state index in [1.807, 2.05) is 13.2 Å². The van der Waals surface area contributed by atoms with Crippen LogP contribution in [0.15, 0.2) is 41.5 Å². The van der Waals surface area contributed by atoms with Crippen LogP contribution in [-0.2, 0) is 18.8 Å². The molecule has 0 radical (unpaired) electrons. The molecule has 0 bridgehead atoms. The van der Waals surface area contributed by atoms with Crippen LogP contribution in [0.25, 0.3) is 0 Å². The average molecular weight is 492 g/mol. The van der Waals surface area contributed by atoms with Gasteiger partial charge in [0.05, 0.1) is 18.8 Å². The van der Waals surface area contributed by atoms with E-state index in [4.69, 9.17) is 0 Å². The summed E-state index contributed by atoms with van der Waals surface area (Å²) in [5.74, 6) is 0.692. The highest BCUT2D eigenvalue weighted by Gasteiger charge is 2.06. The van der Waals surface area contributed by atoms with Gasteiger partial charge in [0.2, 0.25) is 0 Å². The van der Waals surface area contributed by atoms with Crippen molar-refractivity contribution in [3.05, 3.63) is 65.0 Å². The molecule has 2 rings (SSSR count). The summed E-state index contributed by atoms with van der Waals surface area (Å²) < 4.78 is 27.1. The molecule has 0 aliphatic rings. The van der Waals surface area contributed by atoms with Gasteiger partial charge in [-0.2, -0.15) is 11.8 Å². The molecule has 0 unspecified atom stereocenters. The van der Waals surface area contributed by atoms with Crippen molar-refractivity contribution in [2.45, 2.75) is 25.8 Å². The Hall–Kier alpha value is -1.42. The third-order valence-electron chi connectivity index (χ3n) is 3.48. The molecule has 1 aromatic heterocycles. The minimum atomic E-state index is -0.355. The first-order valence-corrected chi connectivity index (χ1v) is 9.41. The molecule has 4 nitrogen and oxygen atoms in total. The monoisotopic (exact) mass is 492 g/mol. The zero-order valence-electron chi connectivity index (χ0n) is 14.8. The molecule has 0 aliphatic carbocycles. The fraction of sp³-hybridized carbons (Fsp3) is 0.333. The predicted molar refractivity (Wildman–Crippen MR) is 115 cm³/mol. The Bertz CT molecular complexity index is 728. The van der Waals surface area contributed by atoms with Gasteiger partial charge in [0.15, 0.2) is 5.96 Å². The number of nitrogens with one attached hydrogen (secondary N) is 2. The molecule has 8 heteroatoms. The van der Waals surface area contributed by atoms with E-state index in [-0.39, 0.29) is 42.2 Å². The molecule has 1 aromatic carbocycles. The molecular formula is C18H23F2IN4S. The molecule has 0 aliphatic heterocycles. The SMILES string of the molecule is CCNC(=NCc1ccc(F)cc1CSC)NCc1ncccc1F.I. The van der Waals surface area contributed by atoms with E-state index in [1.54, 1.807) is 36.2 Å². The molecule has 142 valence electrons. The van der Waals surface area contributed by atoms with Gasteiger partial charge in [0.1, 0.15) is 11.6 Å². The van der Waals surface area contributed by atoms with Gasteiger partial charge in [0.25, 0.3) is 0 Å². The van der Waals surface area contributed by atoms with Crippen LogP contribution in [0.3, 0.4) is 0 Å². The summed E-state index contributed by atoms with van der Waals surface area (Å²) in [6.07, 6.45) is 3.53. The summed E-state index contributed by atoms with van der Waals surface area (Å²) in [4.78, 5) is 8.53. The molecule has 0 fully saturated rings. The lowest BCUT2D eigenvalue weighted by Crippen LogP contribution is -2.37. The Labute approximate surface area is 174 Å². The number of guanidine groups is 1. The Kier molecular flexibility index (Phi) is 10.5. The van der Waals surface area contributed by atoms with Crippen molar-refractivity contribution in [3.8, 4) is 0 Å². The first-order valence-electron chi connectivity index (χ1n) is 8.01. The Balaban J connectivity index is 0.00000338. The summed E-state index contributed by atoms with van der Waals surface area (Å²) in [6, 6.07) is 7.68. The molecule has 2 N–H and O–H groups in total. The third kappa shape index (κ3) is 7.06. The fourth-order valence-corrected chi connectivity index (χ4v) is 2.84. The van der Waals surface area contributed by atoms with Gasteiger partial charge in [0, 0.05) is 18.5 Å². The number of benzene rings is 1. The minimum Gasteiger partial charge on any atom is -0.357 e. The maximum atomic E-state index is 13.7. The minimum absolute atomic E-state index is 0. The van der Waals surface area contributed by atoms with Crippen molar-refractivity contribution in [1.82, 2.24) is 15.6 Å². The standard InChI is InChI=1S/C18H22F2N4S.HI/c1-3-21-18(24-11-17-16(20)5-4-8-22-17)23-10-13-6-7-15(19)9-14(13)12-25-2;/h4-9H,3,10-12H2,1-2H3,(H2,21,23,24);1H. The number of nitrogens with zero attached hydrogens (tertiary/aromatic N) is 2. The molecule has 0 saturated carbocycles. The second kappa shape index (κ2) is 12.1. The van der Waals surface area contributed by atoms with Gasteiger partial charge in [-0.05, 0) is 48.6 Å². The first kappa shape index (κ1) is 22.6. The zero-order valence-corrected chi connectivity index (χ0v) is 17.9. The highest BCUT2D eigenvalue weighted by Crippen LogP contribution is 2.17. The van der Waals surface area contributed by atoms with Crippen molar-refractivity contribution in [2.24, 2.45) is 4.99 Å². The molecule has 0 spiro atoms. The van der Waals surface area contributed by atoms with Crippen LogP contribution >= 0.6 is 35.7 Å². The summed E-state index contributed by atoms with van der Waals surface area (Å²) in [7, 11) is 0. The Morgan fingerprint density at radius 2 is 2.00 bits per heavy atom. The summed E-state index contributed by atoms with van der Waals surface area (Å²) in [5, 5.41) is 6.18. The van der Waals surface area contributed by atoms with E-state index in [9.17, 15) is 8.78 Å². The number of pyridine rings is 1. The lowest BCUT2D eigenvalue weighted by Gasteiger charge is -2.12. The Morgan fingerprint density at radius 1 is 1.19 bits per heavy atom. The third-order valence-corrected chi connectivity index (χ3v) is 4.08. The average Bonchev–Trinajstić information content (AvgIpc) is 2.60. The van der Waals surface area contributed by atoms with Crippen LogP contribution in [0.5, 0.6) is 0 Å². The molecule has 0 amide bonds. The number of aromatic nitrogens is 1. The molecule has 1 heterocycles. The normalized spacial score (nSPS) is 11.0. The molecular weight excluding hydrogens is 469 g/mol. The van der Waals surface area contributed by atoms with Gasteiger partial charge >= 0.3 is 0 Å². The number of hydrogen-bond acceptors (Lipinski definition) is 3. The van der Waals surface area contributed by atoms with Crippen LogP contribution in [0, 0.1) is 11.6 Å². The van der Waals surface area contributed by atoms with Crippen molar-refractivity contribution >= 4 is 41.7 Å². The topological polar surface area (TPSA) is 49.3 Å². The highest BCUT2D eigenvalue weighted by atomic mass is 127. The lowest BCUT2D eigenvalue weighted by atomic mass is 10.1. The number of thioether (sulfide) groups is 1. The van der Waals surface area contributed by atoms with E-state index < -0.39 is 0 Å². The van der Waals surface area contributed by atoms with Crippen molar-refractivity contribution in [1.29, 1.82) is 0 Å².